The average Bonchev–Trinajstić information content (AvgIpc) is 3.84. The van der Waals surface area contributed by atoms with Gasteiger partial charge in [0, 0.05) is 61.1 Å². The number of sulfonamides is 1. The lowest BCUT2D eigenvalue weighted by Crippen LogP contribution is -2.53. The lowest BCUT2D eigenvalue weighted by atomic mass is 9.73. The third-order valence-corrected chi connectivity index (χ3v) is 16.5. The molecule has 1 aliphatic heterocycles. The Labute approximate surface area is 421 Å². The highest BCUT2D eigenvalue weighted by atomic mass is 35.5. The average molecular weight is 1110 g/mol. The summed E-state index contributed by atoms with van der Waals surface area (Å²) in [7, 11) is -6.89. The minimum atomic E-state index is -5.22. The van der Waals surface area contributed by atoms with E-state index in [1.807, 2.05) is 4.90 Å². The molecule has 15 nitrogen and oxygen atoms in total. The van der Waals surface area contributed by atoms with Crippen molar-refractivity contribution in [2.24, 2.45) is 5.92 Å². The van der Waals surface area contributed by atoms with Gasteiger partial charge in [0.1, 0.15) is 40.9 Å². The van der Waals surface area contributed by atoms with Gasteiger partial charge in [-0.15, -0.1) is 0 Å². The zero-order chi connectivity index (χ0) is 54.4. The van der Waals surface area contributed by atoms with E-state index in [4.69, 9.17) is 11.6 Å². The highest BCUT2D eigenvalue weighted by Crippen LogP contribution is 2.64. The Morgan fingerprint density at radius 2 is 1.54 bits per heavy atom. The Balaban J connectivity index is 1.36. The molecule has 5 aromatic rings. The van der Waals surface area contributed by atoms with Crippen LogP contribution in [-0.4, -0.2) is 120 Å². The van der Waals surface area contributed by atoms with Gasteiger partial charge in [-0.25, -0.2) is 35.4 Å². The van der Waals surface area contributed by atoms with E-state index in [9.17, 15) is 61.5 Å². The molecule has 0 spiro atoms. The van der Waals surface area contributed by atoms with Crippen LogP contribution in [0.1, 0.15) is 72.6 Å². The molecule has 1 N–H and O–H groups in total. The summed E-state index contributed by atoms with van der Waals surface area (Å²) in [5.74, 6) is -5.83. The summed E-state index contributed by atoms with van der Waals surface area (Å²) < 4.78 is 200. The second-order valence-corrected chi connectivity index (χ2v) is 23.8. The van der Waals surface area contributed by atoms with Crippen molar-refractivity contribution in [2.75, 3.05) is 50.0 Å². The number of hydrogen-bond acceptors (Lipinski definition) is 10. The fraction of sp³-hybridized carbons (Fsp3) is 0.457. The zero-order valence-electron chi connectivity index (χ0n) is 39.6. The smallest absolute Gasteiger partial charge is 0.346 e. The van der Waals surface area contributed by atoms with Crippen LogP contribution in [0.4, 0.5) is 54.5 Å². The van der Waals surface area contributed by atoms with Crippen molar-refractivity contribution < 1.29 is 70.3 Å². The molecule has 3 amide bonds. The molecule has 398 valence electrons. The molecular formula is C46H44ClF10N9O6S2. The number of piperazine rings is 1. The first-order chi connectivity index (χ1) is 34.2. The number of fused-ring (bicyclic) bond motifs is 4. The number of carbonyl (C=O) groups is 2. The summed E-state index contributed by atoms with van der Waals surface area (Å²) in [6.45, 7) is -0.111. The maximum Gasteiger partial charge on any atom is 0.435 e. The van der Waals surface area contributed by atoms with Crippen LogP contribution in [0.15, 0.2) is 42.5 Å². The van der Waals surface area contributed by atoms with Crippen LogP contribution in [0.25, 0.3) is 22.0 Å². The first-order valence-electron chi connectivity index (χ1n) is 22.4. The molecular weight excluding hydrogens is 1060 g/mol. The Morgan fingerprint density at radius 1 is 0.905 bits per heavy atom. The topological polar surface area (TPSA) is 173 Å². The van der Waals surface area contributed by atoms with Crippen LogP contribution < -0.4 is 9.62 Å². The number of sulfone groups is 1. The molecule has 1 saturated carbocycles. The number of carbonyl (C=O) groups excluding carboxylic acids is 2. The summed E-state index contributed by atoms with van der Waals surface area (Å²) in [5, 5.41) is 9.02. The number of nitrogens with one attached hydrogen (secondary N) is 1. The molecule has 2 aliphatic carbocycles. The van der Waals surface area contributed by atoms with E-state index in [-0.39, 0.29) is 57.3 Å². The monoisotopic (exact) mass is 1110 g/mol. The molecule has 28 heteroatoms. The van der Waals surface area contributed by atoms with E-state index in [1.165, 1.54) is 26.0 Å². The first-order valence-corrected chi connectivity index (χ1v) is 26.6. The Hall–Kier alpha value is -5.98. The lowest BCUT2D eigenvalue weighted by Gasteiger charge is -2.34. The molecule has 0 bridgehead atoms. The van der Waals surface area contributed by atoms with Gasteiger partial charge in [0.25, 0.3) is 5.92 Å². The number of alkyl halides is 8. The van der Waals surface area contributed by atoms with Crippen LogP contribution in [0.2, 0.25) is 5.02 Å². The van der Waals surface area contributed by atoms with Crippen LogP contribution >= 0.6 is 11.6 Å². The number of pyridine rings is 1. The van der Waals surface area contributed by atoms with Gasteiger partial charge in [-0.05, 0) is 87.9 Å². The standard InChI is InChI=1S/C46H44ClF10N9O6S2/c1-43(2,73(4,69)70)13-12-27-6-7-28(29-9-11-32(47)36-38(29)65(23-44(50,51)52)61-41(36)66(74(5,71)72)42(68)63-16-14-62(3)15-17-63)37(58-27)33(20-24-18-25(48)21-26(49)19-24)59-34(67)22-64-40-35(39(60-64)46(55,56)57)30-8-10-31(30)45(40,53)54/h6-7,9,11,18-19,21,30-31,33H,8,10,14-17,20,22-23H2,1-5H3,(H,59,67)/t30-,31+,33-/m0/s1. The number of halogens is 11. The van der Waals surface area contributed by atoms with Crippen LogP contribution in [0, 0.1) is 29.4 Å². The summed E-state index contributed by atoms with van der Waals surface area (Å²) >= 11 is 6.72. The maximum absolute atomic E-state index is 15.9. The normalized spacial score (nSPS) is 18.6. The number of nitrogens with zero attached hydrogens (tertiary/aromatic N) is 8. The van der Waals surface area contributed by atoms with Gasteiger partial charge in [-0.2, -0.15) is 49.6 Å². The highest BCUT2D eigenvalue weighted by Gasteiger charge is 2.63. The fourth-order valence-corrected chi connectivity index (χ4v) is 10.6. The van der Waals surface area contributed by atoms with Gasteiger partial charge < -0.3 is 15.1 Å². The van der Waals surface area contributed by atoms with Crippen LogP contribution in [-0.2, 0) is 56.3 Å². The fourth-order valence-electron chi connectivity index (χ4n) is 9.28. The predicted octanol–water partition coefficient (Wildman–Crippen LogP) is 7.81. The molecule has 2 fully saturated rings. The van der Waals surface area contributed by atoms with Crippen LogP contribution in [0.5, 0.6) is 0 Å². The molecule has 1 saturated heterocycles. The minimum absolute atomic E-state index is 0.00423. The SMILES string of the molecule is CN1CCN(C(=O)N(c2nn(CC(F)(F)F)c3c(-c4ccc(C#CC(C)(C)S(C)(=O)=O)nc4[C@H](Cc4cc(F)cc(F)c4)NC(=O)Cn4nc(C(F)(F)F)c5c4C(F)(F)[C@@H]4CC[C@H]54)ccc(Cl)c23)S(C)(=O)=O)CC1. The second-order valence-electron chi connectivity index (χ2n) is 19.0. The van der Waals surface area contributed by atoms with Gasteiger partial charge in [0.15, 0.2) is 21.3 Å². The quantitative estimate of drug-likeness (QED) is 0.102. The molecule has 8 rings (SSSR count). The number of rotatable bonds is 11. The van der Waals surface area contributed by atoms with E-state index in [2.05, 4.69) is 32.3 Å². The molecule has 0 radical (unpaired) electrons. The van der Waals surface area contributed by atoms with Crippen molar-refractivity contribution in [3.63, 3.8) is 0 Å². The van der Waals surface area contributed by atoms with E-state index in [0.29, 0.717) is 30.1 Å². The van der Waals surface area contributed by atoms with Gasteiger partial charge in [0.05, 0.1) is 33.9 Å². The Bertz CT molecular complexity index is 3380. The summed E-state index contributed by atoms with van der Waals surface area (Å²) in [5.41, 5.74) is -5.61. The number of aromatic nitrogens is 5. The van der Waals surface area contributed by atoms with Crippen LogP contribution in [0.3, 0.4) is 0 Å². The van der Waals surface area contributed by atoms with Gasteiger partial charge in [-0.3, -0.25) is 14.2 Å². The Kier molecular flexibility index (Phi) is 13.9. The van der Waals surface area contributed by atoms with Crippen molar-refractivity contribution in [3.05, 3.63) is 93.0 Å². The summed E-state index contributed by atoms with van der Waals surface area (Å²) in [6.07, 6.45) is -9.62. The number of amides is 3. The third-order valence-electron chi connectivity index (χ3n) is 13.3. The number of benzene rings is 2. The molecule has 2 aromatic carbocycles. The maximum atomic E-state index is 15.9. The second kappa shape index (κ2) is 19.0. The molecule has 0 unspecified atom stereocenters. The predicted molar refractivity (Wildman–Crippen MR) is 249 cm³/mol. The van der Waals surface area contributed by atoms with Gasteiger partial charge >= 0.3 is 18.4 Å². The van der Waals surface area contributed by atoms with Gasteiger partial charge in [-0.1, -0.05) is 23.6 Å². The first kappa shape index (κ1) is 54.3. The van der Waals surface area contributed by atoms with Gasteiger partial charge in [0.2, 0.25) is 15.9 Å². The Morgan fingerprint density at radius 3 is 2.11 bits per heavy atom. The number of hydrogen-bond donors (Lipinski definition) is 1. The lowest BCUT2D eigenvalue weighted by molar-refractivity contribution is -0.144. The molecule has 3 aliphatic rings. The minimum Gasteiger partial charge on any atom is -0.346 e. The summed E-state index contributed by atoms with van der Waals surface area (Å²) in [6, 6.07) is 3.84. The number of urea groups is 1. The van der Waals surface area contributed by atoms with Crippen molar-refractivity contribution in [1.29, 1.82) is 0 Å². The molecule has 3 aromatic heterocycles. The van der Waals surface area contributed by atoms with E-state index in [1.54, 1.807) is 7.05 Å². The van der Waals surface area contributed by atoms with E-state index < -0.39 is 148 Å². The molecule has 3 atom stereocenters. The molecule has 4 heterocycles. The van der Waals surface area contributed by atoms with E-state index >= 15 is 8.78 Å². The largest absolute Gasteiger partial charge is 0.435 e. The molecule has 74 heavy (non-hydrogen) atoms. The van der Waals surface area contributed by atoms with Crippen molar-refractivity contribution in [3.8, 4) is 23.0 Å². The summed E-state index contributed by atoms with van der Waals surface area (Å²) in [4.78, 5) is 36.0. The van der Waals surface area contributed by atoms with Crippen molar-refractivity contribution in [1.82, 2.24) is 39.7 Å². The highest BCUT2D eigenvalue weighted by molar-refractivity contribution is 7.93. The van der Waals surface area contributed by atoms with Crippen molar-refractivity contribution in [2.45, 2.75) is 81.2 Å². The van der Waals surface area contributed by atoms with E-state index in [0.717, 1.165) is 35.4 Å². The number of anilines is 1. The number of likely N-dealkylation sites (N-methyl/N-ethyl adjacent to an activating group) is 1. The zero-order valence-corrected chi connectivity index (χ0v) is 42.0. The van der Waals surface area contributed by atoms with Crippen molar-refractivity contribution >= 4 is 60.1 Å². The third kappa shape index (κ3) is 10.5.